The van der Waals surface area contributed by atoms with Crippen LogP contribution in [0.15, 0.2) is 30.3 Å². The number of hydrogen-bond acceptors (Lipinski definition) is 2. The molecular weight excluding hydrogens is 307 g/mol. The summed E-state index contributed by atoms with van der Waals surface area (Å²) < 4.78 is 5.87. The number of benzene rings is 2. The predicted molar refractivity (Wildman–Crippen MR) is 87.7 cm³/mol. The molecule has 0 fully saturated rings. The van der Waals surface area contributed by atoms with Crippen LogP contribution >= 0.6 is 23.2 Å². The predicted octanol–water partition coefficient (Wildman–Crippen LogP) is 4.47. The first kappa shape index (κ1) is 15.7. The van der Waals surface area contributed by atoms with Gasteiger partial charge < -0.3 is 10.5 Å². The number of aryl methyl sites for hydroxylation is 2. The SMILES string of the molecule is Cc1cc(C(=N)N)cc(C)c1OCc1c(Cl)cccc1Cl. The van der Waals surface area contributed by atoms with Gasteiger partial charge >= 0.3 is 0 Å². The van der Waals surface area contributed by atoms with Gasteiger partial charge in [-0.2, -0.15) is 0 Å². The van der Waals surface area contributed by atoms with E-state index in [0.29, 0.717) is 22.2 Å². The fraction of sp³-hybridized carbons (Fsp3) is 0.188. The molecule has 0 atom stereocenters. The first-order valence-corrected chi connectivity index (χ1v) is 7.17. The second-order valence-corrected chi connectivity index (χ2v) is 5.66. The lowest BCUT2D eigenvalue weighted by molar-refractivity contribution is 0.302. The van der Waals surface area contributed by atoms with Gasteiger partial charge in [0.05, 0.1) is 0 Å². The van der Waals surface area contributed by atoms with Gasteiger partial charge in [0, 0.05) is 21.2 Å². The number of amidine groups is 1. The van der Waals surface area contributed by atoms with Gasteiger partial charge in [-0.15, -0.1) is 0 Å². The van der Waals surface area contributed by atoms with E-state index < -0.39 is 0 Å². The zero-order valence-corrected chi connectivity index (χ0v) is 13.3. The third kappa shape index (κ3) is 3.49. The van der Waals surface area contributed by atoms with Crippen LogP contribution in [0.1, 0.15) is 22.3 Å². The molecule has 0 aliphatic carbocycles. The number of rotatable bonds is 4. The Balaban J connectivity index is 2.27. The van der Waals surface area contributed by atoms with Gasteiger partial charge in [-0.3, -0.25) is 5.41 Å². The van der Waals surface area contributed by atoms with Crippen molar-refractivity contribution < 1.29 is 4.74 Å². The number of hydrogen-bond donors (Lipinski definition) is 2. The molecule has 0 unspecified atom stereocenters. The van der Waals surface area contributed by atoms with E-state index in [1.54, 1.807) is 18.2 Å². The number of nitrogen functional groups attached to an aromatic ring is 1. The smallest absolute Gasteiger partial charge is 0.125 e. The summed E-state index contributed by atoms with van der Waals surface area (Å²) in [5, 5.41) is 8.66. The summed E-state index contributed by atoms with van der Waals surface area (Å²) in [6, 6.07) is 9.03. The van der Waals surface area contributed by atoms with E-state index in [0.717, 1.165) is 22.4 Å². The Labute approximate surface area is 134 Å². The third-order valence-electron chi connectivity index (χ3n) is 3.19. The van der Waals surface area contributed by atoms with Crippen molar-refractivity contribution in [3.05, 3.63) is 62.6 Å². The average molecular weight is 323 g/mol. The summed E-state index contributed by atoms with van der Waals surface area (Å²) in [6.07, 6.45) is 0. The lowest BCUT2D eigenvalue weighted by Gasteiger charge is -2.15. The van der Waals surface area contributed by atoms with Crippen LogP contribution < -0.4 is 10.5 Å². The number of halogens is 2. The Hall–Kier alpha value is -1.71. The standard InChI is InChI=1S/C16H16Cl2N2O/c1-9-6-11(16(19)20)7-10(2)15(9)21-8-12-13(17)4-3-5-14(12)18/h3-7H,8H2,1-2H3,(H3,19,20). The Kier molecular flexibility index (Phi) is 4.76. The third-order valence-corrected chi connectivity index (χ3v) is 3.90. The highest BCUT2D eigenvalue weighted by molar-refractivity contribution is 6.35. The molecule has 0 saturated heterocycles. The summed E-state index contributed by atoms with van der Waals surface area (Å²) >= 11 is 12.3. The van der Waals surface area contributed by atoms with Gasteiger partial charge in [0.2, 0.25) is 0 Å². The van der Waals surface area contributed by atoms with Gasteiger partial charge in [-0.25, -0.2) is 0 Å². The Morgan fingerprint density at radius 3 is 2.14 bits per heavy atom. The van der Waals surface area contributed by atoms with Gasteiger partial charge in [-0.1, -0.05) is 29.3 Å². The van der Waals surface area contributed by atoms with Crippen LogP contribution in [0.5, 0.6) is 5.75 Å². The minimum Gasteiger partial charge on any atom is -0.488 e. The van der Waals surface area contributed by atoms with Gasteiger partial charge in [0.15, 0.2) is 0 Å². The molecule has 2 aromatic rings. The van der Waals surface area contributed by atoms with Crippen LogP contribution in [-0.4, -0.2) is 5.84 Å². The fourth-order valence-electron chi connectivity index (χ4n) is 2.15. The minimum absolute atomic E-state index is 0.0434. The van der Waals surface area contributed by atoms with E-state index in [2.05, 4.69) is 0 Å². The van der Waals surface area contributed by atoms with Gasteiger partial charge in [-0.05, 0) is 49.2 Å². The lowest BCUT2D eigenvalue weighted by Crippen LogP contribution is -2.12. The largest absolute Gasteiger partial charge is 0.488 e. The van der Waals surface area contributed by atoms with Crippen LogP contribution in [-0.2, 0) is 6.61 Å². The van der Waals surface area contributed by atoms with Crippen LogP contribution in [0, 0.1) is 19.3 Å². The topological polar surface area (TPSA) is 59.1 Å². The van der Waals surface area contributed by atoms with E-state index in [4.69, 9.17) is 39.1 Å². The van der Waals surface area contributed by atoms with Crippen molar-refractivity contribution in [2.45, 2.75) is 20.5 Å². The fourth-order valence-corrected chi connectivity index (χ4v) is 2.65. The molecule has 21 heavy (non-hydrogen) atoms. The summed E-state index contributed by atoms with van der Waals surface area (Å²) in [7, 11) is 0. The molecule has 0 heterocycles. The summed E-state index contributed by atoms with van der Waals surface area (Å²) in [5.41, 5.74) is 8.80. The zero-order valence-electron chi connectivity index (χ0n) is 11.8. The van der Waals surface area contributed by atoms with E-state index in [1.165, 1.54) is 0 Å². The highest BCUT2D eigenvalue weighted by Gasteiger charge is 2.11. The van der Waals surface area contributed by atoms with Crippen molar-refractivity contribution in [1.29, 1.82) is 5.41 Å². The Morgan fingerprint density at radius 2 is 1.67 bits per heavy atom. The highest BCUT2D eigenvalue weighted by Crippen LogP contribution is 2.29. The minimum atomic E-state index is 0.0434. The zero-order chi connectivity index (χ0) is 15.6. The number of nitrogens with two attached hydrogens (primary N) is 1. The van der Waals surface area contributed by atoms with E-state index in [9.17, 15) is 0 Å². The van der Waals surface area contributed by atoms with Gasteiger partial charge in [0.1, 0.15) is 18.2 Å². The normalized spacial score (nSPS) is 10.5. The Bertz CT molecular complexity index is 655. The van der Waals surface area contributed by atoms with Crippen LogP contribution in [0.2, 0.25) is 10.0 Å². The summed E-state index contributed by atoms with van der Waals surface area (Å²) in [5.74, 6) is 0.804. The average Bonchev–Trinajstić information content (AvgIpc) is 2.40. The molecule has 0 spiro atoms. The van der Waals surface area contributed by atoms with Crippen molar-refractivity contribution >= 4 is 29.0 Å². The van der Waals surface area contributed by atoms with Crippen molar-refractivity contribution in [3.8, 4) is 5.75 Å². The quantitative estimate of drug-likeness (QED) is 0.644. The van der Waals surface area contributed by atoms with Crippen LogP contribution in [0.3, 0.4) is 0 Å². The molecule has 0 bridgehead atoms. The molecule has 0 aliphatic heterocycles. The molecular formula is C16H16Cl2N2O. The molecule has 3 N–H and O–H groups in total. The van der Waals surface area contributed by atoms with Crippen molar-refractivity contribution in [2.24, 2.45) is 5.73 Å². The molecule has 0 saturated carbocycles. The maximum Gasteiger partial charge on any atom is 0.125 e. The van der Waals surface area contributed by atoms with Gasteiger partial charge in [0.25, 0.3) is 0 Å². The lowest BCUT2D eigenvalue weighted by atomic mass is 10.1. The molecule has 3 nitrogen and oxygen atoms in total. The Morgan fingerprint density at radius 1 is 1.14 bits per heavy atom. The molecule has 110 valence electrons. The summed E-state index contributed by atoms with van der Waals surface area (Å²) in [6.45, 7) is 4.13. The second-order valence-electron chi connectivity index (χ2n) is 4.84. The van der Waals surface area contributed by atoms with Crippen molar-refractivity contribution in [1.82, 2.24) is 0 Å². The molecule has 0 radical (unpaired) electrons. The maximum atomic E-state index is 7.49. The van der Waals surface area contributed by atoms with Crippen LogP contribution in [0.4, 0.5) is 0 Å². The maximum absolute atomic E-state index is 7.49. The first-order valence-electron chi connectivity index (χ1n) is 6.41. The van der Waals surface area contributed by atoms with E-state index >= 15 is 0 Å². The summed E-state index contributed by atoms with van der Waals surface area (Å²) in [4.78, 5) is 0. The first-order chi connectivity index (χ1) is 9.90. The molecule has 2 aromatic carbocycles. The number of nitrogens with one attached hydrogen (secondary N) is 1. The molecule has 0 aliphatic rings. The molecule has 2 rings (SSSR count). The van der Waals surface area contributed by atoms with E-state index in [-0.39, 0.29) is 5.84 Å². The second kappa shape index (κ2) is 6.37. The molecule has 5 heteroatoms. The monoisotopic (exact) mass is 322 g/mol. The van der Waals surface area contributed by atoms with Crippen LogP contribution in [0.25, 0.3) is 0 Å². The van der Waals surface area contributed by atoms with E-state index in [1.807, 2.05) is 26.0 Å². The molecule has 0 aromatic heterocycles. The van der Waals surface area contributed by atoms with Crippen molar-refractivity contribution in [3.63, 3.8) is 0 Å². The van der Waals surface area contributed by atoms with Crippen molar-refractivity contribution in [2.75, 3.05) is 0 Å². The highest BCUT2D eigenvalue weighted by atomic mass is 35.5. The number of ether oxygens (including phenoxy) is 1. The molecule has 0 amide bonds.